The monoisotopic (exact) mass is 194 g/mol. The molecule has 0 radical (unpaired) electrons. The van der Waals surface area contributed by atoms with Gasteiger partial charge in [-0.3, -0.25) is 4.79 Å². The van der Waals surface area contributed by atoms with Crippen LogP contribution in [0.2, 0.25) is 0 Å². The van der Waals surface area contributed by atoms with Crippen molar-refractivity contribution in [2.75, 3.05) is 0 Å². The summed E-state index contributed by atoms with van der Waals surface area (Å²) in [7, 11) is 0. The van der Waals surface area contributed by atoms with Crippen LogP contribution in [0.15, 0.2) is 18.7 Å². The first kappa shape index (κ1) is 9.04. The van der Waals surface area contributed by atoms with Gasteiger partial charge in [0.15, 0.2) is 0 Å². The third-order valence-electron chi connectivity index (χ3n) is 2.18. The van der Waals surface area contributed by atoms with Gasteiger partial charge < -0.3 is 5.11 Å². The Morgan fingerprint density at radius 1 is 1.43 bits per heavy atom. The highest BCUT2D eigenvalue weighted by atomic mass is 16.4. The van der Waals surface area contributed by atoms with Crippen molar-refractivity contribution in [3.63, 3.8) is 0 Å². The molecule has 14 heavy (non-hydrogen) atoms. The van der Waals surface area contributed by atoms with Gasteiger partial charge >= 0.3 is 5.97 Å². The van der Waals surface area contributed by atoms with Gasteiger partial charge in [-0.2, -0.15) is 0 Å². The number of hydrazine groups is 1. The lowest BCUT2D eigenvalue weighted by molar-refractivity contribution is -0.139. The topological polar surface area (TPSA) is 87.1 Å². The van der Waals surface area contributed by atoms with E-state index in [0.717, 1.165) is 5.56 Å². The van der Waals surface area contributed by atoms with Crippen LogP contribution in [0, 0.1) is 0 Å². The molecule has 74 valence electrons. The molecule has 0 spiro atoms. The van der Waals surface area contributed by atoms with Gasteiger partial charge in [0, 0.05) is 18.0 Å². The zero-order valence-corrected chi connectivity index (χ0v) is 7.34. The minimum Gasteiger partial charge on any atom is -0.480 e. The summed E-state index contributed by atoms with van der Waals surface area (Å²) >= 11 is 0. The van der Waals surface area contributed by atoms with Crippen molar-refractivity contribution in [1.29, 1.82) is 0 Å². The molecule has 2 heterocycles. The minimum atomic E-state index is -0.850. The number of carbonyl (C=O) groups is 1. The summed E-state index contributed by atoms with van der Waals surface area (Å²) in [4.78, 5) is 18.4. The lowest BCUT2D eigenvalue weighted by Crippen LogP contribution is -2.36. The van der Waals surface area contributed by atoms with Crippen LogP contribution in [0.4, 0.5) is 0 Å². The van der Waals surface area contributed by atoms with E-state index in [2.05, 4.69) is 20.8 Å². The lowest BCUT2D eigenvalue weighted by atomic mass is 10.1. The largest absolute Gasteiger partial charge is 0.480 e. The van der Waals surface area contributed by atoms with Crippen LogP contribution in [0.5, 0.6) is 0 Å². The number of nitrogens with zero attached hydrogens (tertiary/aromatic N) is 2. The maximum absolute atomic E-state index is 10.6. The molecular formula is C8H10N4O2. The van der Waals surface area contributed by atoms with E-state index in [4.69, 9.17) is 5.11 Å². The summed E-state index contributed by atoms with van der Waals surface area (Å²) in [5, 5.41) is 8.74. The molecule has 6 heteroatoms. The fraction of sp³-hybridized carbons (Fsp3) is 0.375. The van der Waals surface area contributed by atoms with Crippen molar-refractivity contribution >= 4 is 5.97 Å². The molecule has 2 atom stereocenters. The Labute approximate surface area is 80.4 Å². The number of hydrogen-bond acceptors (Lipinski definition) is 5. The first-order chi connectivity index (χ1) is 6.77. The van der Waals surface area contributed by atoms with Crippen molar-refractivity contribution in [2.24, 2.45) is 0 Å². The molecule has 0 amide bonds. The maximum atomic E-state index is 10.6. The van der Waals surface area contributed by atoms with E-state index < -0.39 is 12.0 Å². The Hall–Kier alpha value is -1.53. The molecule has 1 fully saturated rings. The second kappa shape index (κ2) is 3.69. The number of aliphatic carboxylic acids is 1. The van der Waals surface area contributed by atoms with Gasteiger partial charge in [-0.15, -0.1) is 0 Å². The molecular weight excluding hydrogens is 184 g/mol. The zero-order chi connectivity index (χ0) is 9.97. The Morgan fingerprint density at radius 3 is 2.71 bits per heavy atom. The molecule has 0 aliphatic carbocycles. The van der Waals surface area contributed by atoms with Gasteiger partial charge in [0.05, 0.1) is 6.04 Å². The third-order valence-corrected chi connectivity index (χ3v) is 2.18. The predicted octanol–water partition coefficient (Wildman–Crippen LogP) is -0.531. The van der Waals surface area contributed by atoms with E-state index in [1.165, 1.54) is 6.33 Å². The van der Waals surface area contributed by atoms with Crippen LogP contribution in [-0.2, 0) is 4.79 Å². The number of carboxylic acids is 1. The van der Waals surface area contributed by atoms with Crippen molar-refractivity contribution in [3.8, 4) is 0 Å². The van der Waals surface area contributed by atoms with Gasteiger partial charge in [0.2, 0.25) is 0 Å². The number of carboxylic acid groups (broad SMARTS) is 1. The summed E-state index contributed by atoms with van der Waals surface area (Å²) < 4.78 is 0. The normalized spacial score (nSPS) is 26.3. The average Bonchev–Trinajstić information content (AvgIpc) is 2.68. The molecule has 1 aromatic heterocycles. The van der Waals surface area contributed by atoms with Crippen molar-refractivity contribution < 1.29 is 9.90 Å². The van der Waals surface area contributed by atoms with Crippen LogP contribution in [0.25, 0.3) is 0 Å². The second-order valence-corrected chi connectivity index (χ2v) is 3.14. The fourth-order valence-electron chi connectivity index (χ4n) is 1.43. The molecule has 0 saturated carbocycles. The smallest absolute Gasteiger partial charge is 0.322 e. The Kier molecular flexibility index (Phi) is 2.38. The van der Waals surface area contributed by atoms with E-state index in [9.17, 15) is 4.79 Å². The Bertz CT molecular complexity index is 329. The van der Waals surface area contributed by atoms with Crippen LogP contribution in [0.3, 0.4) is 0 Å². The van der Waals surface area contributed by atoms with E-state index in [-0.39, 0.29) is 6.04 Å². The van der Waals surface area contributed by atoms with E-state index in [1.54, 1.807) is 12.4 Å². The highest BCUT2D eigenvalue weighted by molar-refractivity contribution is 5.73. The average molecular weight is 194 g/mol. The summed E-state index contributed by atoms with van der Waals surface area (Å²) in [6.45, 7) is 0. The van der Waals surface area contributed by atoms with Crippen LogP contribution < -0.4 is 10.9 Å². The first-order valence-electron chi connectivity index (χ1n) is 4.26. The standard InChI is InChI=1S/C8H10N4O2/c13-8(14)7-1-6(11-12-7)5-2-9-4-10-3-5/h2-4,6-7,11-12H,1H2,(H,13,14). The molecule has 1 aromatic rings. The summed E-state index contributed by atoms with van der Waals surface area (Å²) in [6.07, 6.45) is 5.30. The van der Waals surface area contributed by atoms with E-state index in [0.29, 0.717) is 6.42 Å². The molecule has 1 saturated heterocycles. The predicted molar refractivity (Wildman–Crippen MR) is 47.1 cm³/mol. The Balaban J connectivity index is 2.06. The van der Waals surface area contributed by atoms with Gasteiger partial charge in [-0.1, -0.05) is 0 Å². The second-order valence-electron chi connectivity index (χ2n) is 3.14. The van der Waals surface area contributed by atoms with Gasteiger partial charge in [0.1, 0.15) is 12.4 Å². The quantitative estimate of drug-likeness (QED) is 0.586. The van der Waals surface area contributed by atoms with Crippen molar-refractivity contribution in [2.45, 2.75) is 18.5 Å². The maximum Gasteiger partial charge on any atom is 0.322 e. The highest BCUT2D eigenvalue weighted by Gasteiger charge is 2.29. The molecule has 3 N–H and O–H groups in total. The summed E-state index contributed by atoms with van der Waals surface area (Å²) in [5.74, 6) is -0.850. The van der Waals surface area contributed by atoms with Crippen LogP contribution in [0.1, 0.15) is 18.0 Å². The Morgan fingerprint density at radius 2 is 2.14 bits per heavy atom. The molecule has 0 bridgehead atoms. The SMILES string of the molecule is O=C(O)C1CC(c2cncnc2)NN1. The molecule has 6 nitrogen and oxygen atoms in total. The molecule has 1 aliphatic heterocycles. The highest BCUT2D eigenvalue weighted by Crippen LogP contribution is 2.20. The molecule has 0 aromatic carbocycles. The number of hydrogen-bond donors (Lipinski definition) is 3. The lowest BCUT2D eigenvalue weighted by Gasteiger charge is -2.06. The fourth-order valence-corrected chi connectivity index (χ4v) is 1.43. The number of aromatic nitrogens is 2. The molecule has 1 aliphatic rings. The molecule has 2 rings (SSSR count). The van der Waals surface area contributed by atoms with Crippen LogP contribution in [-0.4, -0.2) is 27.1 Å². The van der Waals surface area contributed by atoms with Gasteiger partial charge in [-0.25, -0.2) is 20.8 Å². The van der Waals surface area contributed by atoms with Gasteiger partial charge in [-0.05, 0) is 6.42 Å². The van der Waals surface area contributed by atoms with E-state index >= 15 is 0 Å². The zero-order valence-electron chi connectivity index (χ0n) is 7.34. The van der Waals surface area contributed by atoms with Gasteiger partial charge in [0.25, 0.3) is 0 Å². The summed E-state index contributed by atoms with van der Waals surface area (Å²) in [5.41, 5.74) is 6.49. The third kappa shape index (κ3) is 1.70. The first-order valence-corrected chi connectivity index (χ1v) is 4.26. The van der Waals surface area contributed by atoms with E-state index in [1.807, 2.05) is 0 Å². The van der Waals surface area contributed by atoms with Crippen molar-refractivity contribution in [3.05, 3.63) is 24.3 Å². The minimum absolute atomic E-state index is 0.0303. The number of rotatable bonds is 2. The molecule has 2 unspecified atom stereocenters. The summed E-state index contributed by atoms with van der Waals surface area (Å²) in [6, 6.07) is -0.572. The number of nitrogens with one attached hydrogen (secondary N) is 2. The van der Waals surface area contributed by atoms with Crippen molar-refractivity contribution in [1.82, 2.24) is 20.8 Å². The van der Waals surface area contributed by atoms with Crippen LogP contribution >= 0.6 is 0 Å².